The molecule has 1 spiro atoms. The molecule has 1 N–H and O–H groups in total. The van der Waals surface area contributed by atoms with Crippen LogP contribution in [0, 0.1) is 28.6 Å². The maximum absolute atomic E-state index is 13.3. The number of carbonyl (C=O) groups excluding carboxylic acids is 3. The molecule has 174 valence electrons. The Bertz CT molecular complexity index is 921. The fraction of sp³-hybridized carbons (Fsp3) is 0.720. The fourth-order valence-electron chi connectivity index (χ4n) is 7.89. The molecule has 1 unspecified atom stereocenters. The molecule has 0 radical (unpaired) electrons. The Morgan fingerprint density at radius 1 is 1.28 bits per heavy atom. The number of carbonyl (C=O) groups is 3. The highest BCUT2D eigenvalue weighted by Crippen LogP contribution is 2.68. The molecule has 3 saturated carbocycles. The molecule has 4 fully saturated rings. The van der Waals surface area contributed by atoms with Gasteiger partial charge >= 0.3 is 5.97 Å². The number of rotatable bonds is 2. The second kappa shape index (κ2) is 7.34. The van der Waals surface area contributed by atoms with Gasteiger partial charge in [-0.2, -0.15) is 0 Å². The van der Waals surface area contributed by atoms with Crippen molar-refractivity contribution < 1.29 is 33.7 Å². The number of aliphatic hydroxyl groups is 1. The van der Waals surface area contributed by atoms with Crippen LogP contribution in [0.2, 0.25) is 0 Å². The van der Waals surface area contributed by atoms with Crippen LogP contribution >= 0.6 is 0 Å². The minimum Gasteiger partial charge on any atom is -0.469 e. The lowest BCUT2D eigenvalue weighted by Crippen LogP contribution is -2.65. The minimum absolute atomic E-state index is 0.000818. The van der Waals surface area contributed by atoms with Gasteiger partial charge in [0.25, 0.3) is 0 Å². The second-order valence-electron chi connectivity index (χ2n) is 10.6. The smallest absolute Gasteiger partial charge is 0.310 e. The summed E-state index contributed by atoms with van der Waals surface area (Å²) in [5.74, 6) is -0.0895. The van der Waals surface area contributed by atoms with Gasteiger partial charge in [-0.1, -0.05) is 25.5 Å². The zero-order chi connectivity index (χ0) is 22.9. The van der Waals surface area contributed by atoms with E-state index in [1.807, 2.05) is 6.08 Å². The first kappa shape index (κ1) is 22.0. The molecule has 5 rings (SSSR count). The summed E-state index contributed by atoms with van der Waals surface area (Å²) in [4.78, 5) is 37.1. The van der Waals surface area contributed by atoms with E-state index < -0.39 is 29.4 Å². The first-order valence-corrected chi connectivity index (χ1v) is 11.7. The van der Waals surface area contributed by atoms with E-state index in [1.54, 1.807) is 12.2 Å². The molecule has 8 atom stereocenters. The number of ketones is 2. The maximum atomic E-state index is 13.3. The number of methoxy groups -OCH3 is 1. The van der Waals surface area contributed by atoms with E-state index in [0.29, 0.717) is 12.8 Å². The lowest BCUT2D eigenvalue weighted by atomic mass is 9.46. The lowest BCUT2D eigenvalue weighted by Gasteiger charge is -2.60. The summed E-state index contributed by atoms with van der Waals surface area (Å²) in [5, 5.41) is 11.5. The predicted octanol–water partition coefficient (Wildman–Crippen LogP) is 2.51. The number of esters is 1. The van der Waals surface area contributed by atoms with Gasteiger partial charge in [-0.05, 0) is 56.1 Å². The Kier molecular flexibility index (Phi) is 5.04. The Morgan fingerprint density at radius 3 is 2.81 bits per heavy atom. The monoisotopic (exact) mass is 444 g/mol. The van der Waals surface area contributed by atoms with Crippen LogP contribution in [0.5, 0.6) is 0 Å². The first-order chi connectivity index (χ1) is 15.1. The van der Waals surface area contributed by atoms with Gasteiger partial charge in [0.15, 0.2) is 17.9 Å². The van der Waals surface area contributed by atoms with E-state index in [-0.39, 0.29) is 47.8 Å². The Labute approximate surface area is 188 Å². The van der Waals surface area contributed by atoms with Gasteiger partial charge in [-0.15, -0.1) is 0 Å². The highest BCUT2D eigenvalue weighted by Gasteiger charge is 2.70. The van der Waals surface area contributed by atoms with E-state index in [4.69, 9.17) is 14.2 Å². The summed E-state index contributed by atoms with van der Waals surface area (Å²) < 4.78 is 16.6. The average molecular weight is 445 g/mol. The van der Waals surface area contributed by atoms with Crippen LogP contribution in [-0.2, 0) is 28.6 Å². The van der Waals surface area contributed by atoms with Crippen LogP contribution in [0.4, 0.5) is 0 Å². The van der Waals surface area contributed by atoms with Gasteiger partial charge in [-0.3, -0.25) is 14.4 Å². The zero-order valence-corrected chi connectivity index (χ0v) is 19.0. The van der Waals surface area contributed by atoms with Crippen LogP contribution in [0.3, 0.4) is 0 Å². The molecule has 5 aliphatic rings. The molecule has 1 aliphatic heterocycles. The standard InChI is InChI=1S/C25H32O7/c1-23-8-6-15(26)10-14(23)4-5-16-17-7-9-25(24(17,2)12-18(27)22(16)23)19(28)13-31-21(32-25)11-20(29)30-3/h6,8,10,16-18,21-22,27H,4-5,7,9,11-13H2,1-3H3/t16-,17-,18-,21?,22+,23-,24-,25-/m0/s1. The van der Waals surface area contributed by atoms with Crippen molar-refractivity contribution >= 4 is 17.5 Å². The number of allylic oxidation sites excluding steroid dienone is 4. The summed E-state index contributed by atoms with van der Waals surface area (Å²) in [7, 11) is 1.32. The SMILES string of the molecule is COC(=O)CC1OCC(=O)[C@]2(CC[C@H]3[C@@H]4CCC5=CC(=O)C=C[C@]5(C)[C@H]4[C@@H](O)C[C@@]32C)O1. The highest BCUT2D eigenvalue weighted by molar-refractivity contribution is 6.01. The highest BCUT2D eigenvalue weighted by atomic mass is 16.7. The van der Waals surface area contributed by atoms with Gasteiger partial charge in [-0.25, -0.2) is 0 Å². The molecule has 0 aromatic rings. The number of Topliss-reactive ketones (excluding diaryl/α,β-unsaturated/α-hetero) is 1. The van der Waals surface area contributed by atoms with Crippen LogP contribution in [0.15, 0.2) is 23.8 Å². The van der Waals surface area contributed by atoms with E-state index >= 15 is 0 Å². The van der Waals surface area contributed by atoms with Gasteiger partial charge in [0, 0.05) is 16.7 Å². The number of aliphatic hydroxyl groups excluding tert-OH is 1. The largest absolute Gasteiger partial charge is 0.469 e. The van der Waals surface area contributed by atoms with E-state index in [0.717, 1.165) is 24.8 Å². The topological polar surface area (TPSA) is 99.1 Å². The molecule has 0 aromatic carbocycles. The molecule has 7 nitrogen and oxygen atoms in total. The van der Waals surface area contributed by atoms with Crippen molar-refractivity contribution in [1.29, 1.82) is 0 Å². The summed E-state index contributed by atoms with van der Waals surface area (Å²) in [6.07, 6.45) is 7.40. The minimum atomic E-state index is -1.06. The molecule has 1 saturated heterocycles. The Morgan fingerprint density at radius 2 is 2.06 bits per heavy atom. The average Bonchev–Trinajstić information content (AvgIpc) is 3.03. The maximum Gasteiger partial charge on any atom is 0.310 e. The molecule has 7 heteroatoms. The van der Waals surface area contributed by atoms with Crippen molar-refractivity contribution in [2.45, 2.75) is 70.4 Å². The van der Waals surface area contributed by atoms with Crippen molar-refractivity contribution in [3.05, 3.63) is 23.8 Å². The summed E-state index contributed by atoms with van der Waals surface area (Å²) >= 11 is 0. The van der Waals surface area contributed by atoms with E-state index in [1.165, 1.54) is 7.11 Å². The third kappa shape index (κ3) is 2.87. The van der Waals surface area contributed by atoms with Crippen LogP contribution < -0.4 is 0 Å². The quantitative estimate of drug-likeness (QED) is 0.654. The molecule has 0 bridgehead atoms. The molecular weight excluding hydrogens is 412 g/mol. The van der Waals surface area contributed by atoms with Gasteiger partial charge in [0.1, 0.15) is 12.2 Å². The Balaban J connectivity index is 1.48. The molecule has 0 amide bonds. The number of hydrogen-bond donors (Lipinski definition) is 1. The van der Waals surface area contributed by atoms with Crippen LogP contribution in [0.1, 0.15) is 52.4 Å². The van der Waals surface area contributed by atoms with Crippen molar-refractivity contribution in [3.63, 3.8) is 0 Å². The Hall–Kier alpha value is -1.83. The van der Waals surface area contributed by atoms with E-state index in [9.17, 15) is 19.5 Å². The van der Waals surface area contributed by atoms with Gasteiger partial charge in [0.2, 0.25) is 0 Å². The van der Waals surface area contributed by atoms with Crippen molar-refractivity contribution in [2.24, 2.45) is 28.6 Å². The van der Waals surface area contributed by atoms with Crippen molar-refractivity contribution in [1.82, 2.24) is 0 Å². The fourth-order valence-corrected chi connectivity index (χ4v) is 7.89. The predicted molar refractivity (Wildman–Crippen MR) is 113 cm³/mol. The first-order valence-electron chi connectivity index (χ1n) is 11.7. The molecule has 1 heterocycles. The number of hydrogen-bond acceptors (Lipinski definition) is 7. The second-order valence-corrected chi connectivity index (χ2v) is 10.6. The zero-order valence-electron chi connectivity index (χ0n) is 19.0. The molecule has 4 aliphatic carbocycles. The third-order valence-electron chi connectivity index (χ3n) is 9.36. The van der Waals surface area contributed by atoms with Crippen molar-refractivity contribution in [3.8, 4) is 0 Å². The van der Waals surface area contributed by atoms with Crippen molar-refractivity contribution in [2.75, 3.05) is 13.7 Å². The lowest BCUT2D eigenvalue weighted by molar-refractivity contribution is -0.276. The third-order valence-corrected chi connectivity index (χ3v) is 9.36. The van der Waals surface area contributed by atoms with Gasteiger partial charge in [0.05, 0.1) is 19.6 Å². The number of fused-ring (bicyclic) bond motifs is 6. The molecule has 32 heavy (non-hydrogen) atoms. The summed E-state index contributed by atoms with van der Waals surface area (Å²) in [5.41, 5.74) is -0.843. The summed E-state index contributed by atoms with van der Waals surface area (Å²) in [6.45, 7) is 4.12. The van der Waals surface area contributed by atoms with E-state index in [2.05, 4.69) is 13.8 Å². The number of ether oxygens (including phenoxy) is 3. The molecular formula is C25H32O7. The summed E-state index contributed by atoms with van der Waals surface area (Å²) in [6, 6.07) is 0. The van der Waals surface area contributed by atoms with Gasteiger partial charge < -0.3 is 19.3 Å². The normalized spacial score (nSPS) is 47.5. The van der Waals surface area contributed by atoms with Crippen LogP contribution in [-0.4, -0.2) is 54.4 Å². The molecule has 0 aromatic heterocycles. The van der Waals surface area contributed by atoms with Crippen LogP contribution in [0.25, 0.3) is 0 Å².